The molecule has 1 N–H and O–H groups in total. The lowest BCUT2D eigenvalue weighted by Crippen LogP contribution is -2.16. The van der Waals surface area contributed by atoms with E-state index in [0.29, 0.717) is 22.3 Å². The molecule has 122 valence electrons. The van der Waals surface area contributed by atoms with Crippen LogP contribution < -0.4 is 5.43 Å². The van der Waals surface area contributed by atoms with Gasteiger partial charge in [0.1, 0.15) is 17.3 Å². The van der Waals surface area contributed by atoms with Gasteiger partial charge < -0.3 is 8.83 Å². The summed E-state index contributed by atoms with van der Waals surface area (Å²) >= 11 is 6.03. The molecule has 1 amide bonds. The predicted octanol–water partition coefficient (Wildman–Crippen LogP) is 4.57. The average Bonchev–Trinajstić information content (AvgIpc) is 3.19. The zero-order valence-corrected chi connectivity index (χ0v) is 13.9. The first-order valence-electron chi connectivity index (χ1n) is 7.29. The third-order valence-corrected chi connectivity index (χ3v) is 3.65. The number of hydrogen-bond donors (Lipinski definition) is 1. The summed E-state index contributed by atoms with van der Waals surface area (Å²) in [5, 5.41) is 4.51. The SMILES string of the molecule is Cc1ccc(C(=O)N/N=C\c2ccc(-c3cc(Cl)ccc3C)o2)o1. The molecule has 1 aromatic carbocycles. The Morgan fingerprint density at radius 3 is 2.71 bits per heavy atom. The summed E-state index contributed by atoms with van der Waals surface area (Å²) < 4.78 is 10.9. The monoisotopic (exact) mass is 342 g/mol. The molecule has 3 aromatic rings. The molecular weight excluding hydrogens is 328 g/mol. The maximum absolute atomic E-state index is 11.8. The van der Waals surface area contributed by atoms with Crippen molar-refractivity contribution in [2.45, 2.75) is 13.8 Å². The minimum atomic E-state index is -0.420. The van der Waals surface area contributed by atoms with Crippen LogP contribution in [0.15, 0.2) is 56.4 Å². The first-order chi connectivity index (χ1) is 11.5. The lowest BCUT2D eigenvalue weighted by atomic mass is 10.1. The molecule has 0 aliphatic rings. The van der Waals surface area contributed by atoms with Gasteiger partial charge >= 0.3 is 5.91 Å². The van der Waals surface area contributed by atoms with Crippen LogP contribution in [-0.2, 0) is 0 Å². The largest absolute Gasteiger partial charge is 0.456 e. The van der Waals surface area contributed by atoms with Gasteiger partial charge in [-0.05, 0) is 55.8 Å². The van der Waals surface area contributed by atoms with Crippen LogP contribution in [0.1, 0.15) is 27.6 Å². The number of rotatable bonds is 4. The number of amides is 1. The molecule has 0 radical (unpaired) electrons. The van der Waals surface area contributed by atoms with Crippen LogP contribution in [-0.4, -0.2) is 12.1 Å². The molecule has 0 spiro atoms. The summed E-state index contributed by atoms with van der Waals surface area (Å²) in [4.78, 5) is 11.8. The smallest absolute Gasteiger partial charge is 0.307 e. The van der Waals surface area contributed by atoms with Gasteiger partial charge in [-0.2, -0.15) is 5.10 Å². The topological polar surface area (TPSA) is 67.7 Å². The van der Waals surface area contributed by atoms with Crippen LogP contribution in [0.25, 0.3) is 11.3 Å². The van der Waals surface area contributed by atoms with E-state index in [1.165, 1.54) is 6.21 Å². The summed E-state index contributed by atoms with van der Waals surface area (Å²) in [6.07, 6.45) is 1.43. The Morgan fingerprint density at radius 1 is 1.12 bits per heavy atom. The number of benzene rings is 1. The second kappa shape index (κ2) is 6.76. The maximum atomic E-state index is 11.8. The van der Waals surface area contributed by atoms with Crippen LogP contribution >= 0.6 is 11.6 Å². The summed E-state index contributed by atoms with van der Waals surface area (Å²) in [6.45, 7) is 3.75. The van der Waals surface area contributed by atoms with Gasteiger partial charge in [-0.3, -0.25) is 4.79 Å². The third kappa shape index (κ3) is 3.58. The molecule has 0 aliphatic heterocycles. The number of halogens is 1. The molecule has 2 aromatic heterocycles. The number of carbonyl (C=O) groups excluding carboxylic acids is 1. The lowest BCUT2D eigenvalue weighted by molar-refractivity contribution is 0.0926. The zero-order chi connectivity index (χ0) is 17.1. The van der Waals surface area contributed by atoms with Crippen molar-refractivity contribution in [3.05, 3.63) is 70.3 Å². The van der Waals surface area contributed by atoms with Gasteiger partial charge in [-0.25, -0.2) is 5.43 Å². The van der Waals surface area contributed by atoms with Crippen molar-refractivity contribution in [1.82, 2.24) is 5.43 Å². The maximum Gasteiger partial charge on any atom is 0.307 e. The molecule has 0 fully saturated rings. The number of carbonyl (C=O) groups is 1. The molecule has 0 unspecified atom stereocenters. The molecule has 2 heterocycles. The molecule has 0 saturated carbocycles. The van der Waals surface area contributed by atoms with Gasteiger partial charge in [-0.1, -0.05) is 17.7 Å². The van der Waals surface area contributed by atoms with E-state index in [0.717, 1.165) is 11.1 Å². The number of nitrogens with one attached hydrogen (secondary N) is 1. The van der Waals surface area contributed by atoms with Gasteiger partial charge in [-0.15, -0.1) is 0 Å². The zero-order valence-electron chi connectivity index (χ0n) is 13.2. The van der Waals surface area contributed by atoms with E-state index in [2.05, 4.69) is 10.5 Å². The van der Waals surface area contributed by atoms with Crippen molar-refractivity contribution in [2.24, 2.45) is 5.10 Å². The molecule has 0 aliphatic carbocycles. The summed E-state index contributed by atoms with van der Waals surface area (Å²) in [7, 11) is 0. The van der Waals surface area contributed by atoms with Gasteiger partial charge in [0.2, 0.25) is 0 Å². The first-order valence-corrected chi connectivity index (χ1v) is 7.67. The quantitative estimate of drug-likeness (QED) is 0.557. The number of hydrazone groups is 1. The second-order valence-electron chi connectivity index (χ2n) is 5.27. The highest BCUT2D eigenvalue weighted by Gasteiger charge is 2.09. The van der Waals surface area contributed by atoms with Crippen LogP contribution in [0, 0.1) is 13.8 Å². The number of aryl methyl sites for hydroxylation is 2. The number of furan rings is 2. The molecular formula is C18H15ClN2O3. The Kier molecular flexibility index (Phi) is 4.53. The predicted molar refractivity (Wildman–Crippen MR) is 92.4 cm³/mol. The van der Waals surface area contributed by atoms with Gasteiger partial charge in [0, 0.05) is 10.6 Å². The summed E-state index contributed by atoms with van der Waals surface area (Å²) in [5.74, 6) is 1.65. The lowest BCUT2D eigenvalue weighted by Gasteiger charge is -2.02. The Labute approximate surface area is 143 Å². The molecule has 5 nitrogen and oxygen atoms in total. The van der Waals surface area contributed by atoms with E-state index in [4.69, 9.17) is 20.4 Å². The Morgan fingerprint density at radius 2 is 1.96 bits per heavy atom. The van der Waals surface area contributed by atoms with Crippen molar-refractivity contribution in [3.63, 3.8) is 0 Å². The minimum Gasteiger partial charge on any atom is -0.456 e. The highest BCUT2D eigenvalue weighted by Crippen LogP contribution is 2.27. The van der Waals surface area contributed by atoms with Crippen LogP contribution in [0.2, 0.25) is 5.02 Å². The number of hydrogen-bond acceptors (Lipinski definition) is 4. The fraction of sp³-hybridized carbons (Fsp3) is 0.111. The van der Waals surface area contributed by atoms with E-state index >= 15 is 0 Å². The van der Waals surface area contributed by atoms with E-state index < -0.39 is 5.91 Å². The van der Waals surface area contributed by atoms with Crippen LogP contribution in [0.4, 0.5) is 0 Å². The third-order valence-electron chi connectivity index (χ3n) is 3.41. The normalized spacial score (nSPS) is 11.1. The summed E-state index contributed by atoms with van der Waals surface area (Å²) in [5.41, 5.74) is 4.35. The van der Waals surface area contributed by atoms with Crippen molar-refractivity contribution in [1.29, 1.82) is 0 Å². The van der Waals surface area contributed by atoms with E-state index in [-0.39, 0.29) is 5.76 Å². The minimum absolute atomic E-state index is 0.208. The molecule has 0 atom stereocenters. The van der Waals surface area contributed by atoms with E-state index in [9.17, 15) is 4.79 Å². The van der Waals surface area contributed by atoms with Crippen LogP contribution in [0.3, 0.4) is 0 Å². The highest BCUT2D eigenvalue weighted by molar-refractivity contribution is 6.30. The standard InChI is InChI=1S/C18H15ClN2O3/c1-11-3-5-13(19)9-15(11)16-8-6-14(24-16)10-20-21-18(22)17-7-4-12(2)23-17/h3-10H,1-2H3,(H,21,22)/b20-10-. The van der Waals surface area contributed by atoms with E-state index in [1.54, 1.807) is 25.1 Å². The fourth-order valence-electron chi connectivity index (χ4n) is 2.19. The fourth-order valence-corrected chi connectivity index (χ4v) is 2.36. The second-order valence-corrected chi connectivity index (χ2v) is 5.71. The molecule has 24 heavy (non-hydrogen) atoms. The van der Waals surface area contributed by atoms with Crippen molar-refractivity contribution in [2.75, 3.05) is 0 Å². The van der Waals surface area contributed by atoms with Crippen molar-refractivity contribution >= 4 is 23.7 Å². The molecule has 6 heteroatoms. The van der Waals surface area contributed by atoms with Gasteiger partial charge in [0.25, 0.3) is 0 Å². The Hall–Kier alpha value is -2.79. The molecule has 0 bridgehead atoms. The van der Waals surface area contributed by atoms with Gasteiger partial charge in [0.05, 0.1) is 6.21 Å². The average molecular weight is 343 g/mol. The molecule has 0 saturated heterocycles. The Bertz CT molecular complexity index is 909. The Balaban J connectivity index is 1.70. The number of nitrogens with zero attached hydrogens (tertiary/aromatic N) is 1. The summed E-state index contributed by atoms with van der Waals surface area (Å²) in [6, 6.07) is 12.5. The van der Waals surface area contributed by atoms with Gasteiger partial charge in [0.15, 0.2) is 5.76 Å². The van der Waals surface area contributed by atoms with Crippen molar-refractivity contribution < 1.29 is 13.6 Å². The van der Waals surface area contributed by atoms with Crippen molar-refractivity contribution in [3.8, 4) is 11.3 Å². The first kappa shape index (κ1) is 16.1. The highest BCUT2D eigenvalue weighted by atomic mass is 35.5. The van der Waals surface area contributed by atoms with E-state index in [1.807, 2.05) is 31.2 Å². The van der Waals surface area contributed by atoms with Crippen LogP contribution in [0.5, 0.6) is 0 Å². The molecule has 3 rings (SSSR count).